The van der Waals surface area contributed by atoms with E-state index in [1.807, 2.05) is 0 Å². The van der Waals surface area contributed by atoms with Gasteiger partial charge >= 0.3 is 11.8 Å². The average molecular weight is 316 g/mol. The lowest BCUT2D eigenvalue weighted by atomic mass is 10.1. The molecule has 22 heavy (non-hydrogen) atoms. The fraction of sp³-hybridized carbons (Fsp3) is 0.167. The molecule has 0 aliphatic carbocycles. The highest BCUT2D eigenvalue weighted by Gasteiger charge is 2.28. The number of alkyl halides is 3. The number of fused-ring (bicyclic) bond motifs is 1. The predicted molar refractivity (Wildman–Crippen MR) is 67.5 cm³/mol. The van der Waals surface area contributed by atoms with E-state index in [9.17, 15) is 32.9 Å². The maximum absolute atomic E-state index is 12.0. The van der Waals surface area contributed by atoms with Crippen molar-refractivity contribution >= 4 is 22.4 Å². The summed E-state index contributed by atoms with van der Waals surface area (Å²) in [5, 5.41) is 12.2. The van der Waals surface area contributed by atoms with Gasteiger partial charge in [-0.1, -0.05) is 0 Å². The smallest absolute Gasteiger partial charge is 0.405 e. The predicted octanol–water partition coefficient (Wildman–Crippen LogP) is 1.99. The van der Waals surface area contributed by atoms with Gasteiger partial charge in [0.25, 0.3) is 11.6 Å². The van der Waals surface area contributed by atoms with Crippen LogP contribution in [-0.4, -0.2) is 23.6 Å². The molecule has 1 aromatic heterocycles. The Balaban J connectivity index is 2.38. The standard InChI is InChI=1S/C12H7F3N2O5/c13-12(14,15)5-16-10(18)9-3-6-1-2-7(17(20)21)4-8(6)11(19)22-9/h1-4H,5H2,(H,16,18). The molecular weight excluding hydrogens is 309 g/mol. The van der Waals surface area contributed by atoms with E-state index in [2.05, 4.69) is 4.42 Å². The molecule has 1 heterocycles. The molecule has 116 valence electrons. The lowest BCUT2D eigenvalue weighted by molar-refractivity contribution is -0.384. The fourth-order valence-corrected chi connectivity index (χ4v) is 1.67. The number of rotatable bonds is 3. The summed E-state index contributed by atoms with van der Waals surface area (Å²) in [7, 11) is 0. The van der Waals surface area contributed by atoms with E-state index < -0.39 is 34.9 Å². The first kappa shape index (κ1) is 15.5. The molecule has 1 aromatic carbocycles. The maximum atomic E-state index is 12.0. The van der Waals surface area contributed by atoms with E-state index in [0.717, 1.165) is 18.2 Å². The van der Waals surface area contributed by atoms with Crippen LogP contribution >= 0.6 is 0 Å². The van der Waals surface area contributed by atoms with Crippen LogP contribution < -0.4 is 10.9 Å². The van der Waals surface area contributed by atoms with Gasteiger partial charge in [0.2, 0.25) is 0 Å². The first-order chi connectivity index (χ1) is 10.2. The number of nitrogens with zero attached hydrogens (tertiary/aromatic N) is 1. The van der Waals surface area contributed by atoms with Crippen molar-refractivity contribution in [3.63, 3.8) is 0 Å². The van der Waals surface area contributed by atoms with Crippen LogP contribution in [0, 0.1) is 10.1 Å². The molecule has 0 radical (unpaired) electrons. The van der Waals surface area contributed by atoms with Crippen LogP contribution in [-0.2, 0) is 0 Å². The first-order valence-corrected chi connectivity index (χ1v) is 5.74. The number of amides is 1. The molecule has 2 aromatic rings. The number of hydrogen-bond donors (Lipinski definition) is 1. The van der Waals surface area contributed by atoms with E-state index >= 15 is 0 Å². The summed E-state index contributed by atoms with van der Waals surface area (Å²) in [6.07, 6.45) is -4.60. The number of non-ortho nitro benzene ring substituents is 1. The molecule has 2 rings (SSSR count). The second-order valence-corrected chi connectivity index (χ2v) is 4.22. The van der Waals surface area contributed by atoms with Gasteiger partial charge < -0.3 is 9.73 Å². The average Bonchev–Trinajstić information content (AvgIpc) is 2.43. The quantitative estimate of drug-likeness (QED) is 0.689. The summed E-state index contributed by atoms with van der Waals surface area (Å²) in [5.41, 5.74) is -1.41. The molecule has 0 aliphatic rings. The molecule has 1 amide bonds. The van der Waals surface area contributed by atoms with Crippen LogP contribution in [0.2, 0.25) is 0 Å². The Hall–Kier alpha value is -2.91. The molecular formula is C12H7F3N2O5. The Labute approximate surface area is 119 Å². The van der Waals surface area contributed by atoms with Gasteiger partial charge in [-0.05, 0) is 17.5 Å². The minimum atomic E-state index is -4.60. The van der Waals surface area contributed by atoms with Gasteiger partial charge in [-0.25, -0.2) is 4.79 Å². The van der Waals surface area contributed by atoms with Crippen molar-refractivity contribution in [3.8, 4) is 0 Å². The minimum Gasteiger partial charge on any atom is -0.417 e. The zero-order valence-corrected chi connectivity index (χ0v) is 10.6. The Bertz CT molecular complexity index is 812. The van der Waals surface area contributed by atoms with E-state index in [-0.39, 0.29) is 16.5 Å². The Morgan fingerprint density at radius 2 is 2.00 bits per heavy atom. The maximum Gasteiger partial charge on any atom is 0.405 e. The highest BCUT2D eigenvalue weighted by atomic mass is 19.4. The minimum absolute atomic E-state index is 0.138. The molecule has 0 atom stereocenters. The molecule has 0 saturated carbocycles. The van der Waals surface area contributed by atoms with Crippen molar-refractivity contribution in [2.75, 3.05) is 6.54 Å². The summed E-state index contributed by atoms with van der Waals surface area (Å²) in [6.45, 7) is -1.58. The third-order valence-corrected chi connectivity index (χ3v) is 2.63. The Morgan fingerprint density at radius 3 is 2.59 bits per heavy atom. The summed E-state index contributed by atoms with van der Waals surface area (Å²) in [5.74, 6) is -1.83. The number of nitro benzene ring substituents is 1. The number of nitrogens with one attached hydrogen (secondary N) is 1. The third-order valence-electron chi connectivity index (χ3n) is 2.63. The molecule has 0 saturated heterocycles. The molecule has 0 aliphatic heterocycles. The first-order valence-electron chi connectivity index (χ1n) is 5.74. The van der Waals surface area contributed by atoms with Gasteiger partial charge in [-0.3, -0.25) is 14.9 Å². The number of nitro groups is 1. The SMILES string of the molecule is O=C(NCC(F)(F)F)c1cc2ccc([N+](=O)[O-])cc2c(=O)o1. The van der Waals surface area contributed by atoms with Gasteiger partial charge in [0.05, 0.1) is 10.3 Å². The van der Waals surface area contributed by atoms with Gasteiger partial charge in [0.15, 0.2) is 5.76 Å². The zero-order chi connectivity index (χ0) is 16.5. The van der Waals surface area contributed by atoms with Crippen molar-refractivity contribution in [2.45, 2.75) is 6.18 Å². The third kappa shape index (κ3) is 3.40. The summed E-state index contributed by atoms with van der Waals surface area (Å²) in [4.78, 5) is 33.1. The molecule has 0 unspecified atom stereocenters. The van der Waals surface area contributed by atoms with Gasteiger partial charge in [-0.15, -0.1) is 0 Å². The molecule has 1 N–H and O–H groups in total. The van der Waals surface area contributed by atoms with Gasteiger partial charge in [-0.2, -0.15) is 13.2 Å². The lowest BCUT2D eigenvalue weighted by Crippen LogP contribution is -2.34. The Morgan fingerprint density at radius 1 is 1.32 bits per heavy atom. The van der Waals surface area contributed by atoms with E-state index in [1.54, 1.807) is 5.32 Å². The van der Waals surface area contributed by atoms with Crippen molar-refractivity contribution in [3.05, 3.63) is 50.6 Å². The monoisotopic (exact) mass is 316 g/mol. The van der Waals surface area contributed by atoms with Crippen molar-refractivity contribution in [1.82, 2.24) is 5.32 Å². The molecule has 0 fully saturated rings. The zero-order valence-electron chi connectivity index (χ0n) is 10.6. The van der Waals surface area contributed by atoms with Crippen LogP contribution in [0.25, 0.3) is 10.8 Å². The van der Waals surface area contributed by atoms with Crippen molar-refractivity contribution < 1.29 is 27.3 Å². The van der Waals surface area contributed by atoms with Gasteiger partial charge in [0.1, 0.15) is 6.54 Å². The number of halogens is 3. The molecule has 0 bridgehead atoms. The van der Waals surface area contributed by atoms with Crippen LogP contribution in [0.3, 0.4) is 0 Å². The number of carbonyl (C=O) groups is 1. The Kier molecular flexibility index (Phi) is 3.85. The summed E-state index contributed by atoms with van der Waals surface area (Å²) in [6, 6.07) is 4.29. The number of hydrogen-bond acceptors (Lipinski definition) is 5. The largest absolute Gasteiger partial charge is 0.417 e. The summed E-state index contributed by atoms with van der Waals surface area (Å²) >= 11 is 0. The van der Waals surface area contributed by atoms with Crippen LogP contribution in [0.4, 0.5) is 18.9 Å². The topological polar surface area (TPSA) is 102 Å². The second-order valence-electron chi connectivity index (χ2n) is 4.22. The lowest BCUT2D eigenvalue weighted by Gasteiger charge is -2.07. The van der Waals surface area contributed by atoms with Crippen LogP contribution in [0.5, 0.6) is 0 Å². The molecule has 0 spiro atoms. The fourth-order valence-electron chi connectivity index (χ4n) is 1.67. The van der Waals surface area contributed by atoms with Gasteiger partial charge in [0, 0.05) is 12.1 Å². The summed E-state index contributed by atoms with van der Waals surface area (Å²) < 4.78 is 40.6. The van der Waals surface area contributed by atoms with Crippen molar-refractivity contribution in [1.29, 1.82) is 0 Å². The highest BCUT2D eigenvalue weighted by molar-refractivity contribution is 5.95. The molecule has 10 heteroatoms. The van der Waals surface area contributed by atoms with E-state index in [4.69, 9.17) is 0 Å². The normalized spacial score (nSPS) is 11.4. The number of benzene rings is 1. The van der Waals surface area contributed by atoms with Crippen molar-refractivity contribution in [2.24, 2.45) is 0 Å². The van der Waals surface area contributed by atoms with Crippen LogP contribution in [0.1, 0.15) is 10.6 Å². The van der Waals surface area contributed by atoms with E-state index in [0.29, 0.717) is 0 Å². The van der Waals surface area contributed by atoms with Crippen LogP contribution in [0.15, 0.2) is 33.5 Å². The molecule has 7 nitrogen and oxygen atoms in total. The highest BCUT2D eigenvalue weighted by Crippen LogP contribution is 2.19. The number of carbonyl (C=O) groups excluding carboxylic acids is 1. The second kappa shape index (κ2) is 5.47. The van der Waals surface area contributed by atoms with E-state index in [1.165, 1.54) is 6.07 Å².